The van der Waals surface area contributed by atoms with Gasteiger partial charge >= 0.3 is 11.9 Å². The maximum Gasteiger partial charge on any atom is 0.325 e. The van der Waals surface area contributed by atoms with E-state index in [4.69, 9.17) is 19.1 Å². The van der Waals surface area contributed by atoms with Crippen molar-refractivity contribution in [2.75, 3.05) is 20.8 Å². The van der Waals surface area contributed by atoms with Gasteiger partial charge in [0.1, 0.15) is 6.10 Å². The van der Waals surface area contributed by atoms with Gasteiger partial charge in [-0.15, -0.1) is 0 Å². The van der Waals surface area contributed by atoms with Crippen molar-refractivity contribution in [1.29, 1.82) is 0 Å². The average Bonchev–Trinajstić information content (AvgIpc) is 2.66. The number of hydrogen-bond donors (Lipinski definition) is 0. The lowest BCUT2D eigenvalue weighted by atomic mass is 9.63. The molecular weight excluding hydrogens is 326 g/mol. The van der Waals surface area contributed by atoms with E-state index in [2.05, 4.69) is 0 Å². The van der Waals surface area contributed by atoms with Gasteiger partial charge in [-0.05, 0) is 25.3 Å². The Morgan fingerprint density at radius 2 is 1.80 bits per heavy atom. The molecular formula is C18H23NO6. The van der Waals surface area contributed by atoms with Crippen LogP contribution in [0.15, 0.2) is 30.3 Å². The molecule has 1 aromatic rings. The van der Waals surface area contributed by atoms with Crippen LogP contribution in [0.5, 0.6) is 0 Å². The Morgan fingerprint density at radius 1 is 1.16 bits per heavy atom. The average molecular weight is 349 g/mol. The van der Waals surface area contributed by atoms with E-state index < -0.39 is 29.0 Å². The molecule has 25 heavy (non-hydrogen) atoms. The summed E-state index contributed by atoms with van der Waals surface area (Å²) in [5, 5.41) is 1.31. The van der Waals surface area contributed by atoms with Gasteiger partial charge in [-0.3, -0.25) is 19.3 Å². The Kier molecular flexibility index (Phi) is 4.81. The molecule has 0 amide bonds. The van der Waals surface area contributed by atoms with Crippen LogP contribution >= 0.6 is 0 Å². The fraction of sp³-hybridized carbons (Fsp3) is 0.556. The van der Waals surface area contributed by atoms with Crippen LogP contribution in [-0.4, -0.2) is 43.5 Å². The molecule has 0 unspecified atom stereocenters. The third kappa shape index (κ3) is 2.63. The smallest absolute Gasteiger partial charge is 0.325 e. The lowest BCUT2D eigenvalue weighted by Crippen LogP contribution is -2.69. The maximum atomic E-state index is 12.9. The van der Waals surface area contributed by atoms with E-state index in [1.54, 1.807) is 6.92 Å². The molecule has 0 aliphatic carbocycles. The van der Waals surface area contributed by atoms with Crippen molar-refractivity contribution in [3.8, 4) is 0 Å². The molecule has 2 aliphatic rings. The number of nitrogens with zero attached hydrogens (tertiary/aromatic N) is 1. The minimum atomic E-state index is -1.55. The summed E-state index contributed by atoms with van der Waals surface area (Å²) in [7, 11) is 2.55. The van der Waals surface area contributed by atoms with E-state index in [0.29, 0.717) is 19.4 Å². The van der Waals surface area contributed by atoms with Crippen molar-refractivity contribution in [3.63, 3.8) is 0 Å². The summed E-state index contributed by atoms with van der Waals surface area (Å²) < 4.78 is 10.1. The summed E-state index contributed by atoms with van der Waals surface area (Å²) >= 11 is 0. The van der Waals surface area contributed by atoms with Gasteiger partial charge in [-0.1, -0.05) is 35.6 Å². The summed E-state index contributed by atoms with van der Waals surface area (Å²) in [4.78, 5) is 37.4. The molecule has 2 fully saturated rings. The first-order chi connectivity index (χ1) is 12.0. The minimum Gasteiger partial charge on any atom is -0.468 e. The van der Waals surface area contributed by atoms with E-state index >= 15 is 0 Å². The summed E-state index contributed by atoms with van der Waals surface area (Å²) in [5.41, 5.74) is -1.72. The van der Waals surface area contributed by atoms with Crippen molar-refractivity contribution < 1.29 is 28.7 Å². The summed E-state index contributed by atoms with van der Waals surface area (Å²) in [6.07, 6.45) is 0.818. The number of ether oxygens (including phenoxy) is 2. The third-order valence-corrected chi connectivity index (χ3v) is 5.29. The molecule has 2 saturated heterocycles. The maximum absolute atomic E-state index is 12.9. The van der Waals surface area contributed by atoms with Crippen molar-refractivity contribution in [1.82, 2.24) is 5.23 Å². The van der Waals surface area contributed by atoms with Gasteiger partial charge in [-0.2, -0.15) is 0 Å². The van der Waals surface area contributed by atoms with Gasteiger partial charge < -0.3 is 9.47 Å². The highest BCUT2D eigenvalue weighted by Crippen LogP contribution is 2.54. The van der Waals surface area contributed by atoms with E-state index in [-0.39, 0.29) is 6.42 Å². The molecule has 0 N–H and O–H groups in total. The highest BCUT2D eigenvalue weighted by molar-refractivity contribution is 6.02. The lowest BCUT2D eigenvalue weighted by molar-refractivity contribution is -0.474. The molecule has 2 aliphatic heterocycles. The topological polar surface area (TPSA) is 74.3 Å². The van der Waals surface area contributed by atoms with E-state index in [9.17, 15) is 9.59 Å². The van der Waals surface area contributed by atoms with Crippen molar-refractivity contribution in [2.24, 2.45) is 5.41 Å². The predicted molar refractivity (Wildman–Crippen MR) is 86.8 cm³/mol. The van der Waals surface area contributed by atoms with E-state index in [1.807, 2.05) is 30.3 Å². The highest BCUT2D eigenvalue weighted by atomic mass is 17.0. The monoisotopic (exact) mass is 349 g/mol. The Balaban J connectivity index is 2.12. The van der Waals surface area contributed by atoms with Gasteiger partial charge in [0, 0.05) is 6.42 Å². The predicted octanol–water partition coefficient (Wildman–Crippen LogP) is 2.18. The first-order valence-electron chi connectivity index (χ1n) is 8.31. The number of benzene rings is 1. The van der Waals surface area contributed by atoms with E-state index in [1.165, 1.54) is 19.4 Å². The number of fused-ring (bicyclic) bond motifs is 1. The van der Waals surface area contributed by atoms with Crippen molar-refractivity contribution in [2.45, 2.75) is 37.8 Å². The van der Waals surface area contributed by atoms with Crippen LogP contribution < -0.4 is 0 Å². The molecule has 1 aromatic carbocycles. The molecule has 0 bridgehead atoms. The van der Waals surface area contributed by atoms with Gasteiger partial charge in [0.05, 0.1) is 26.4 Å². The van der Waals surface area contributed by atoms with Gasteiger partial charge in [0.2, 0.25) is 0 Å². The first-order valence-corrected chi connectivity index (χ1v) is 8.31. The lowest BCUT2D eigenvalue weighted by Gasteiger charge is -2.55. The molecule has 0 spiro atoms. The minimum absolute atomic E-state index is 0.118. The molecule has 0 aromatic heterocycles. The second-order valence-corrected chi connectivity index (χ2v) is 6.57. The highest BCUT2D eigenvalue weighted by Gasteiger charge is 2.69. The summed E-state index contributed by atoms with van der Waals surface area (Å²) in [5.74, 6) is -1.27. The molecule has 136 valence electrons. The molecule has 0 radical (unpaired) electrons. The second-order valence-electron chi connectivity index (χ2n) is 6.57. The third-order valence-electron chi connectivity index (χ3n) is 5.29. The van der Waals surface area contributed by atoms with E-state index in [0.717, 1.165) is 5.56 Å². The Morgan fingerprint density at radius 3 is 2.40 bits per heavy atom. The van der Waals surface area contributed by atoms with Crippen LogP contribution in [0.3, 0.4) is 0 Å². The molecule has 7 nitrogen and oxygen atoms in total. The SMILES string of the molecule is COC(=O)C1(C(=O)OC)C[C@@H](c2ccccc2)ON2OCCC[C@@]21C. The number of carbonyl (C=O) groups excluding carboxylic acids is 2. The zero-order valence-electron chi connectivity index (χ0n) is 14.7. The molecule has 0 saturated carbocycles. The number of carbonyl (C=O) groups is 2. The molecule has 3 rings (SSSR count). The fourth-order valence-corrected chi connectivity index (χ4v) is 3.85. The first kappa shape index (κ1) is 17.8. The number of methoxy groups -OCH3 is 2. The number of hydrogen-bond acceptors (Lipinski definition) is 7. The Hall–Kier alpha value is -1.96. The number of hydroxylamine groups is 2. The Bertz CT molecular complexity index is 632. The van der Waals surface area contributed by atoms with Crippen LogP contribution in [0, 0.1) is 5.41 Å². The quantitative estimate of drug-likeness (QED) is 0.611. The summed E-state index contributed by atoms with van der Waals surface area (Å²) in [6, 6.07) is 9.41. The normalized spacial score (nSPS) is 28.7. The molecule has 2 atom stereocenters. The van der Waals surface area contributed by atoms with Crippen molar-refractivity contribution in [3.05, 3.63) is 35.9 Å². The zero-order valence-corrected chi connectivity index (χ0v) is 14.7. The number of esters is 2. The second kappa shape index (κ2) is 6.74. The van der Waals surface area contributed by atoms with Crippen LogP contribution in [0.4, 0.5) is 0 Å². The van der Waals surface area contributed by atoms with Crippen LogP contribution in [0.25, 0.3) is 0 Å². The van der Waals surface area contributed by atoms with Crippen LogP contribution in [0.2, 0.25) is 0 Å². The molecule has 2 heterocycles. The van der Waals surface area contributed by atoms with Gasteiger partial charge in [0.25, 0.3) is 0 Å². The summed E-state index contributed by atoms with van der Waals surface area (Å²) in [6.45, 7) is 2.23. The zero-order chi connectivity index (χ0) is 18.1. The fourth-order valence-electron chi connectivity index (χ4n) is 3.85. The van der Waals surface area contributed by atoms with Gasteiger partial charge in [-0.25, -0.2) is 0 Å². The largest absolute Gasteiger partial charge is 0.468 e. The van der Waals surface area contributed by atoms with Crippen molar-refractivity contribution >= 4 is 11.9 Å². The number of rotatable bonds is 3. The Labute approximate surface area is 146 Å². The molecule has 7 heteroatoms. The van der Waals surface area contributed by atoms with Gasteiger partial charge in [0.15, 0.2) is 5.41 Å². The van der Waals surface area contributed by atoms with Crippen LogP contribution in [0.1, 0.15) is 37.9 Å². The van der Waals surface area contributed by atoms with Crippen LogP contribution in [-0.2, 0) is 28.7 Å². The standard InChI is InChI=1S/C18H23NO6/c1-17-10-7-11-24-19(17)25-14(13-8-5-4-6-9-13)12-18(17,15(20)22-2)16(21)23-3/h4-6,8-9,14H,7,10-12H2,1-3H3/t14-,17+/m0/s1.